The summed E-state index contributed by atoms with van der Waals surface area (Å²) in [5.74, 6) is 0.244. The number of carbonyl (C=O) groups is 1. The number of hydrogen-bond donors (Lipinski definition) is 1. The summed E-state index contributed by atoms with van der Waals surface area (Å²) in [5, 5.41) is 13.7. The van der Waals surface area contributed by atoms with Gasteiger partial charge in [0, 0.05) is 6.07 Å². The number of nitro benzene ring substituents is 1. The molecule has 94 valence electrons. The first-order valence-electron chi connectivity index (χ1n) is 5.04. The van der Waals surface area contributed by atoms with E-state index in [0.29, 0.717) is 15.8 Å². The molecular formula is C10H9N3O3S2. The average Bonchev–Trinajstić information content (AvgIpc) is 2.67. The smallest absolute Gasteiger partial charge is 0.292 e. The Morgan fingerprint density at radius 2 is 2.22 bits per heavy atom. The van der Waals surface area contributed by atoms with Crippen LogP contribution in [0, 0.1) is 10.1 Å². The molecule has 1 aliphatic rings. The van der Waals surface area contributed by atoms with Gasteiger partial charge in [0.15, 0.2) is 0 Å². The van der Waals surface area contributed by atoms with E-state index in [4.69, 9.17) is 12.2 Å². The normalized spacial score (nSPS) is 15.0. The molecule has 0 saturated carbocycles. The van der Waals surface area contributed by atoms with Crippen molar-refractivity contribution in [2.24, 2.45) is 0 Å². The lowest BCUT2D eigenvalue weighted by atomic mass is 10.3. The zero-order chi connectivity index (χ0) is 13.1. The van der Waals surface area contributed by atoms with Gasteiger partial charge in [-0.2, -0.15) is 0 Å². The fraction of sp³-hybridized carbons (Fsp3) is 0.200. The predicted octanol–water partition coefficient (Wildman–Crippen LogP) is 1.82. The van der Waals surface area contributed by atoms with Gasteiger partial charge < -0.3 is 5.32 Å². The highest BCUT2D eigenvalue weighted by Crippen LogP contribution is 2.24. The van der Waals surface area contributed by atoms with Crippen LogP contribution < -0.4 is 5.32 Å². The molecule has 1 amide bonds. The number of nitrogens with one attached hydrogen (secondary N) is 1. The highest BCUT2D eigenvalue weighted by molar-refractivity contribution is 8.23. The van der Waals surface area contributed by atoms with Gasteiger partial charge in [0.05, 0.1) is 17.3 Å². The lowest BCUT2D eigenvalue weighted by molar-refractivity contribution is -0.384. The standard InChI is InChI=1S/C10H9N3O3S2/c14-9-5-18-10(17)12(9)6-11-7-3-1-2-4-8(7)13(15)16/h1-4,11H,5-6H2. The van der Waals surface area contributed by atoms with E-state index in [0.717, 1.165) is 0 Å². The highest BCUT2D eigenvalue weighted by atomic mass is 32.2. The van der Waals surface area contributed by atoms with Gasteiger partial charge in [-0.05, 0) is 6.07 Å². The molecule has 1 aliphatic heterocycles. The Labute approximate surface area is 112 Å². The first-order valence-corrected chi connectivity index (χ1v) is 6.43. The van der Waals surface area contributed by atoms with Crippen molar-refractivity contribution < 1.29 is 9.72 Å². The van der Waals surface area contributed by atoms with Crippen LogP contribution in [0.15, 0.2) is 24.3 Å². The van der Waals surface area contributed by atoms with Gasteiger partial charge in [-0.1, -0.05) is 36.1 Å². The minimum atomic E-state index is -0.471. The number of nitrogens with zero attached hydrogens (tertiary/aromatic N) is 2. The maximum Gasteiger partial charge on any atom is 0.292 e. The number of thioether (sulfide) groups is 1. The van der Waals surface area contributed by atoms with Crippen LogP contribution in [0.2, 0.25) is 0 Å². The van der Waals surface area contributed by atoms with Crippen molar-refractivity contribution in [3.63, 3.8) is 0 Å². The Kier molecular flexibility index (Phi) is 3.78. The van der Waals surface area contributed by atoms with Gasteiger partial charge in [0.1, 0.15) is 10.0 Å². The van der Waals surface area contributed by atoms with E-state index in [1.165, 1.54) is 22.7 Å². The number of benzene rings is 1. The summed E-state index contributed by atoms with van der Waals surface area (Å²) < 4.78 is 0.492. The number of para-hydroxylation sites is 2. The first kappa shape index (κ1) is 12.8. The molecular weight excluding hydrogens is 274 g/mol. The summed E-state index contributed by atoms with van der Waals surface area (Å²) in [4.78, 5) is 23.2. The molecule has 1 aromatic rings. The third-order valence-electron chi connectivity index (χ3n) is 2.37. The van der Waals surface area contributed by atoms with Crippen molar-refractivity contribution >= 4 is 45.6 Å². The summed E-state index contributed by atoms with van der Waals surface area (Å²) in [7, 11) is 0. The van der Waals surface area contributed by atoms with Crippen LogP contribution in [0.5, 0.6) is 0 Å². The molecule has 1 fully saturated rings. The second-order valence-corrected chi connectivity index (χ2v) is 5.09. The van der Waals surface area contributed by atoms with Crippen LogP contribution in [0.25, 0.3) is 0 Å². The Balaban J connectivity index is 2.09. The molecule has 1 N–H and O–H groups in total. The van der Waals surface area contributed by atoms with Gasteiger partial charge in [0.25, 0.3) is 5.69 Å². The van der Waals surface area contributed by atoms with Crippen LogP contribution in [0.3, 0.4) is 0 Å². The largest absolute Gasteiger partial charge is 0.362 e. The first-order chi connectivity index (χ1) is 8.59. The van der Waals surface area contributed by atoms with E-state index in [1.807, 2.05) is 0 Å². The number of carbonyl (C=O) groups excluding carboxylic acids is 1. The van der Waals surface area contributed by atoms with Crippen LogP contribution in [0.4, 0.5) is 11.4 Å². The lowest BCUT2D eigenvalue weighted by Crippen LogP contribution is -2.33. The SMILES string of the molecule is O=C1CSC(=S)N1CNc1ccccc1[N+](=O)[O-]. The van der Waals surface area contributed by atoms with Crippen molar-refractivity contribution in [2.75, 3.05) is 17.7 Å². The molecule has 2 rings (SSSR count). The third-order valence-corrected chi connectivity index (χ3v) is 3.80. The fourth-order valence-corrected chi connectivity index (χ4v) is 2.55. The summed E-state index contributed by atoms with van der Waals surface area (Å²) in [6.07, 6.45) is 0. The van der Waals surface area contributed by atoms with Crippen molar-refractivity contribution in [1.29, 1.82) is 0 Å². The molecule has 0 unspecified atom stereocenters. The Hall–Kier alpha value is -1.67. The van der Waals surface area contributed by atoms with Gasteiger partial charge in [-0.3, -0.25) is 19.8 Å². The van der Waals surface area contributed by atoms with Gasteiger partial charge in [-0.15, -0.1) is 0 Å². The highest BCUT2D eigenvalue weighted by Gasteiger charge is 2.26. The molecule has 1 saturated heterocycles. The molecule has 1 heterocycles. The number of hydrogen-bond acceptors (Lipinski definition) is 6. The van der Waals surface area contributed by atoms with E-state index in [1.54, 1.807) is 18.2 Å². The van der Waals surface area contributed by atoms with E-state index in [9.17, 15) is 14.9 Å². The van der Waals surface area contributed by atoms with Gasteiger partial charge >= 0.3 is 0 Å². The predicted molar refractivity (Wildman–Crippen MR) is 73.5 cm³/mol. The van der Waals surface area contributed by atoms with Crippen LogP contribution in [-0.2, 0) is 4.79 Å². The Morgan fingerprint density at radius 1 is 1.50 bits per heavy atom. The van der Waals surface area contributed by atoms with Crippen molar-refractivity contribution in [3.05, 3.63) is 34.4 Å². The van der Waals surface area contributed by atoms with Gasteiger partial charge in [-0.25, -0.2) is 0 Å². The second-order valence-electron chi connectivity index (χ2n) is 3.49. The Bertz CT molecular complexity index is 505. The molecule has 0 spiro atoms. The maximum atomic E-state index is 11.5. The minimum Gasteiger partial charge on any atom is -0.362 e. The monoisotopic (exact) mass is 283 g/mol. The van der Waals surface area contributed by atoms with Crippen LogP contribution in [-0.4, -0.2) is 32.5 Å². The summed E-state index contributed by atoms with van der Waals surface area (Å²) in [6.45, 7) is 0.148. The van der Waals surface area contributed by atoms with Crippen molar-refractivity contribution in [1.82, 2.24) is 4.90 Å². The number of nitro groups is 1. The minimum absolute atomic E-state index is 0.0253. The molecule has 0 radical (unpaired) electrons. The quantitative estimate of drug-likeness (QED) is 0.516. The third kappa shape index (κ3) is 2.59. The lowest BCUT2D eigenvalue weighted by Gasteiger charge is -2.16. The average molecular weight is 283 g/mol. The van der Waals surface area contributed by atoms with Crippen LogP contribution >= 0.6 is 24.0 Å². The molecule has 18 heavy (non-hydrogen) atoms. The molecule has 0 aliphatic carbocycles. The number of anilines is 1. The molecule has 8 heteroatoms. The van der Waals surface area contributed by atoms with Gasteiger partial charge in [0.2, 0.25) is 5.91 Å². The zero-order valence-corrected chi connectivity index (χ0v) is 10.8. The maximum absolute atomic E-state index is 11.5. The van der Waals surface area contributed by atoms with Crippen molar-refractivity contribution in [2.45, 2.75) is 0 Å². The Morgan fingerprint density at radius 3 is 2.83 bits per heavy atom. The second kappa shape index (κ2) is 5.32. The van der Waals surface area contributed by atoms with E-state index in [2.05, 4.69) is 5.32 Å². The molecule has 1 aromatic carbocycles. The summed E-state index contributed by atoms with van der Waals surface area (Å²) in [6, 6.07) is 6.27. The van der Waals surface area contributed by atoms with Crippen LogP contribution in [0.1, 0.15) is 0 Å². The van der Waals surface area contributed by atoms with Crippen molar-refractivity contribution in [3.8, 4) is 0 Å². The molecule has 0 atom stereocenters. The van der Waals surface area contributed by atoms with E-state index in [-0.39, 0.29) is 18.3 Å². The zero-order valence-electron chi connectivity index (χ0n) is 9.16. The number of thiocarbonyl (C=S) groups is 1. The molecule has 6 nitrogen and oxygen atoms in total. The van der Waals surface area contributed by atoms with E-state index >= 15 is 0 Å². The number of amides is 1. The topological polar surface area (TPSA) is 75.5 Å². The summed E-state index contributed by atoms with van der Waals surface area (Å²) in [5.41, 5.74) is 0.345. The number of rotatable bonds is 4. The molecule has 0 bridgehead atoms. The summed E-state index contributed by atoms with van der Waals surface area (Å²) >= 11 is 6.30. The van der Waals surface area contributed by atoms with E-state index < -0.39 is 4.92 Å². The fourth-order valence-electron chi connectivity index (χ4n) is 1.48. The molecule has 0 aromatic heterocycles.